The Kier molecular flexibility index (Phi) is 16.6. The van der Waals surface area contributed by atoms with Gasteiger partial charge >= 0.3 is 0 Å². The highest BCUT2D eigenvalue weighted by atomic mass is 14.6. The molecule has 0 N–H and O–H groups in total. The third-order valence-corrected chi connectivity index (χ3v) is 9.98. The van der Waals surface area contributed by atoms with Crippen LogP contribution in [-0.2, 0) is 0 Å². The second-order valence-corrected chi connectivity index (χ2v) is 11.7. The van der Waals surface area contributed by atoms with E-state index in [1.165, 1.54) is 63.4 Å². The van der Waals surface area contributed by atoms with Gasteiger partial charge in [0.2, 0.25) is 0 Å². The molecule has 0 aliphatic heterocycles. The Balaban J connectivity index is -0.00000112. The quantitative estimate of drug-likeness (QED) is 0.335. The molecule has 7 atom stereocenters. The van der Waals surface area contributed by atoms with Crippen LogP contribution >= 0.6 is 0 Å². The van der Waals surface area contributed by atoms with Gasteiger partial charge in [0.05, 0.1) is 0 Å². The molecule has 0 radical (unpaired) electrons. The predicted molar refractivity (Wildman–Crippen MR) is 172 cm³/mol. The van der Waals surface area contributed by atoms with Gasteiger partial charge in [-0.15, -0.1) is 0 Å². The maximum Gasteiger partial charge on any atom is 0 e. The average molecular weight is 505 g/mol. The van der Waals surface area contributed by atoms with E-state index in [0.717, 1.165) is 29.6 Å². The minimum Gasteiger partial charge on any atom is -0.0877 e. The predicted octanol–water partition coefficient (Wildman–Crippen LogP) is 13.1. The minimum absolute atomic E-state index is 0. The number of hydrogen-bond acceptors (Lipinski definition) is 0. The van der Waals surface area contributed by atoms with E-state index in [0.29, 0.717) is 10.8 Å². The van der Waals surface area contributed by atoms with Gasteiger partial charge in [-0.05, 0) is 119 Å². The first-order valence-corrected chi connectivity index (χ1v) is 16.3. The summed E-state index contributed by atoms with van der Waals surface area (Å²) in [6.07, 6.45) is 20.1. The summed E-state index contributed by atoms with van der Waals surface area (Å²) < 4.78 is 0. The molecule has 4 unspecified atom stereocenters. The summed E-state index contributed by atoms with van der Waals surface area (Å²) in [5.41, 5.74) is 6.23. The molecule has 4 aliphatic rings. The van der Waals surface area contributed by atoms with Crippen LogP contribution in [0.2, 0.25) is 0 Å². The molecular formula is C36H72. The van der Waals surface area contributed by atoms with Crippen molar-refractivity contribution in [1.82, 2.24) is 0 Å². The summed E-state index contributed by atoms with van der Waals surface area (Å²) >= 11 is 0. The molecule has 4 aliphatic carbocycles. The number of allylic oxidation sites excluding steroid dienone is 6. The van der Waals surface area contributed by atoms with Gasteiger partial charge in [0.1, 0.15) is 0 Å². The van der Waals surface area contributed by atoms with Crippen LogP contribution in [-0.4, -0.2) is 0 Å². The van der Waals surface area contributed by atoms with Crippen molar-refractivity contribution in [2.75, 3.05) is 0 Å². The molecule has 0 aromatic carbocycles. The lowest BCUT2D eigenvalue weighted by Crippen LogP contribution is -2.54. The van der Waals surface area contributed by atoms with Gasteiger partial charge < -0.3 is 0 Å². The van der Waals surface area contributed by atoms with Crippen LogP contribution < -0.4 is 0 Å². The maximum absolute atomic E-state index is 2.71. The molecule has 216 valence electrons. The van der Waals surface area contributed by atoms with E-state index in [1.54, 1.807) is 5.57 Å². The highest BCUT2D eigenvalue weighted by molar-refractivity contribution is 5.27. The van der Waals surface area contributed by atoms with E-state index in [-0.39, 0.29) is 2.85 Å². The monoisotopic (exact) mass is 505 g/mol. The van der Waals surface area contributed by atoms with Crippen molar-refractivity contribution in [2.45, 2.75) is 155 Å². The lowest BCUT2D eigenvalue weighted by atomic mass is 9.43. The van der Waals surface area contributed by atoms with Crippen LogP contribution in [0.5, 0.6) is 0 Å². The van der Waals surface area contributed by atoms with E-state index >= 15 is 0 Å². The van der Waals surface area contributed by atoms with Crippen molar-refractivity contribution in [3.8, 4) is 0 Å². The largest absolute Gasteiger partial charge is 0.0877 e. The van der Waals surface area contributed by atoms with E-state index in [1.807, 2.05) is 61.0 Å². The first kappa shape index (κ1) is 35.2. The summed E-state index contributed by atoms with van der Waals surface area (Å²) in [5.74, 6) is 4.54. The molecule has 0 bridgehead atoms. The van der Waals surface area contributed by atoms with Crippen LogP contribution in [0, 0.1) is 40.4 Å². The first-order chi connectivity index (χ1) is 17.3. The zero-order chi connectivity index (χ0) is 28.1. The van der Waals surface area contributed by atoms with Crippen molar-refractivity contribution in [3.63, 3.8) is 0 Å². The van der Waals surface area contributed by atoms with Crippen LogP contribution in [0.1, 0.15) is 158 Å². The van der Waals surface area contributed by atoms with E-state index in [2.05, 4.69) is 59.8 Å². The van der Waals surface area contributed by atoms with Crippen molar-refractivity contribution in [3.05, 3.63) is 34.9 Å². The number of rotatable bonds is 3. The molecule has 0 saturated heterocycles. The highest BCUT2D eigenvalue weighted by Gasteiger charge is 2.59. The molecule has 0 heteroatoms. The van der Waals surface area contributed by atoms with Crippen molar-refractivity contribution in [1.29, 1.82) is 0 Å². The van der Waals surface area contributed by atoms with Crippen LogP contribution in [0.4, 0.5) is 0 Å². The zero-order valence-corrected chi connectivity index (χ0v) is 27.5. The molecule has 3 fully saturated rings. The second kappa shape index (κ2) is 16.9. The van der Waals surface area contributed by atoms with Gasteiger partial charge in [-0.25, -0.2) is 0 Å². The number of hydrogen-bond donors (Lipinski definition) is 0. The molecule has 36 heavy (non-hydrogen) atoms. The summed E-state index contributed by atoms with van der Waals surface area (Å²) in [7, 11) is 0. The fourth-order valence-corrected chi connectivity index (χ4v) is 8.48. The molecule has 0 amide bonds. The van der Waals surface area contributed by atoms with Crippen molar-refractivity contribution >= 4 is 0 Å². The third-order valence-electron chi connectivity index (χ3n) is 9.98. The summed E-state index contributed by atoms with van der Waals surface area (Å²) in [6, 6.07) is 0. The summed E-state index contributed by atoms with van der Waals surface area (Å²) in [4.78, 5) is 0. The normalized spacial score (nSPS) is 36.8. The van der Waals surface area contributed by atoms with E-state index < -0.39 is 0 Å². The Morgan fingerprint density at radius 3 is 1.94 bits per heavy atom. The van der Waals surface area contributed by atoms with Gasteiger partial charge in [0, 0.05) is 2.85 Å². The van der Waals surface area contributed by atoms with Gasteiger partial charge in [-0.2, -0.15) is 0 Å². The SMILES string of the molecule is CC.CC.CC.CC.CC(C)=CCC/C(C)=C1/CC[C@@]2(C)C1CC[C@@H]1C2CCC2C(C)C=CC[C@@]21C.[HH].[HH]. The molecule has 4 rings (SSSR count). The Morgan fingerprint density at radius 1 is 0.833 bits per heavy atom. The summed E-state index contributed by atoms with van der Waals surface area (Å²) in [6.45, 7) is 30.8. The van der Waals surface area contributed by atoms with Crippen molar-refractivity contribution in [2.24, 2.45) is 40.4 Å². The minimum atomic E-state index is 0. The van der Waals surface area contributed by atoms with Gasteiger partial charge in [0.25, 0.3) is 0 Å². The Hall–Kier alpha value is -0.780. The van der Waals surface area contributed by atoms with Crippen LogP contribution in [0.3, 0.4) is 0 Å². The Morgan fingerprint density at radius 2 is 1.36 bits per heavy atom. The fourth-order valence-electron chi connectivity index (χ4n) is 8.48. The fraction of sp³-hybridized carbons (Fsp3) is 0.833. The van der Waals surface area contributed by atoms with Crippen molar-refractivity contribution < 1.29 is 2.85 Å². The van der Waals surface area contributed by atoms with Crippen LogP contribution in [0.15, 0.2) is 34.9 Å². The molecule has 3 saturated carbocycles. The molecule has 0 heterocycles. The van der Waals surface area contributed by atoms with Crippen LogP contribution in [0.25, 0.3) is 0 Å². The smallest absolute Gasteiger partial charge is 0 e. The topological polar surface area (TPSA) is 0 Å². The first-order valence-electron chi connectivity index (χ1n) is 16.3. The lowest BCUT2D eigenvalue weighted by molar-refractivity contribution is -0.108. The molecule has 0 spiro atoms. The molecular weight excluding hydrogens is 432 g/mol. The summed E-state index contributed by atoms with van der Waals surface area (Å²) in [5, 5.41) is 0. The lowest BCUT2D eigenvalue weighted by Gasteiger charge is -2.61. The maximum atomic E-state index is 2.71. The third kappa shape index (κ3) is 7.41. The Labute approximate surface area is 232 Å². The molecule has 0 nitrogen and oxygen atoms in total. The van der Waals surface area contributed by atoms with Gasteiger partial charge in [-0.3, -0.25) is 0 Å². The average Bonchev–Trinajstić information content (AvgIpc) is 3.26. The Bertz CT molecular complexity index is 698. The second-order valence-electron chi connectivity index (χ2n) is 11.7. The standard InChI is InChI=1S/C28H44.4C2H6.2H2/c1-19(2)9-7-10-20(3)22-16-18-28(6)24(22)13-15-25-26(28)14-12-23-21(4)11-8-17-27(23,25)5;4*1-2;;/h8-9,11,21,23-26H,7,10,12-18H2,1-6H3;4*1-2H3;2*1H/b22-20-;;;;;;/t21?,23?,24?,25-,26?,27+,28+;;;;;;/m1....../s1. The van der Waals surface area contributed by atoms with E-state index in [4.69, 9.17) is 0 Å². The van der Waals surface area contributed by atoms with Gasteiger partial charge in [0.15, 0.2) is 0 Å². The van der Waals surface area contributed by atoms with Gasteiger partial charge in [-0.1, -0.05) is 111 Å². The van der Waals surface area contributed by atoms with E-state index in [9.17, 15) is 0 Å². The molecule has 0 aromatic heterocycles. The number of fused-ring (bicyclic) bond motifs is 5. The molecule has 0 aromatic rings. The highest BCUT2D eigenvalue weighted by Crippen LogP contribution is 2.68. The zero-order valence-electron chi connectivity index (χ0n) is 27.5.